The summed E-state index contributed by atoms with van der Waals surface area (Å²) in [4.78, 5) is 12.0. The fraction of sp³-hybridized carbons (Fsp3) is 0.400. The Hall–Kier alpha value is -3.15. The van der Waals surface area contributed by atoms with Crippen LogP contribution in [0.3, 0.4) is 0 Å². The minimum absolute atomic E-state index is 0.0598. The molecule has 0 bridgehead atoms. The second kappa shape index (κ2) is 8.17. The summed E-state index contributed by atoms with van der Waals surface area (Å²) in [7, 11) is 4.88. The smallest absolute Gasteiger partial charge is 0.217 e. The molecule has 0 spiro atoms. The first-order valence-electron chi connectivity index (χ1n) is 10.5. The Morgan fingerprint density at radius 3 is 2.35 bits per heavy atom. The van der Waals surface area contributed by atoms with Gasteiger partial charge in [-0.25, -0.2) is 0 Å². The molecule has 6 heteroatoms. The van der Waals surface area contributed by atoms with Gasteiger partial charge in [0, 0.05) is 18.1 Å². The zero-order valence-electron chi connectivity index (χ0n) is 19.0. The van der Waals surface area contributed by atoms with Crippen molar-refractivity contribution in [3.63, 3.8) is 0 Å². The van der Waals surface area contributed by atoms with Gasteiger partial charge in [-0.05, 0) is 67.2 Å². The Morgan fingerprint density at radius 1 is 1.00 bits per heavy atom. The number of hydrogen-bond acceptors (Lipinski definition) is 5. The third-order valence-electron chi connectivity index (χ3n) is 6.09. The molecule has 4 rings (SSSR count). The highest BCUT2D eigenvalue weighted by Crippen LogP contribution is 2.52. The van der Waals surface area contributed by atoms with Gasteiger partial charge in [0.2, 0.25) is 11.7 Å². The summed E-state index contributed by atoms with van der Waals surface area (Å²) in [6, 6.07) is 6.13. The van der Waals surface area contributed by atoms with Crippen molar-refractivity contribution in [2.24, 2.45) is 0 Å². The van der Waals surface area contributed by atoms with E-state index in [0.717, 1.165) is 46.4 Å². The minimum Gasteiger partial charge on any atom is -0.493 e. The Kier molecular flexibility index (Phi) is 5.56. The number of carbonyl (C=O) groups excluding carboxylic acids is 1. The van der Waals surface area contributed by atoms with Crippen LogP contribution in [0.15, 0.2) is 23.8 Å². The fourth-order valence-electron chi connectivity index (χ4n) is 4.65. The van der Waals surface area contributed by atoms with E-state index < -0.39 is 0 Å². The Bertz CT molecular complexity index is 1080. The van der Waals surface area contributed by atoms with Crippen LogP contribution in [0.1, 0.15) is 49.9 Å². The quantitative estimate of drug-likeness (QED) is 0.773. The molecule has 1 heterocycles. The molecule has 0 aromatic heterocycles. The minimum atomic E-state index is -0.133. The molecule has 2 aliphatic rings. The molecule has 0 saturated heterocycles. The largest absolute Gasteiger partial charge is 0.493 e. The summed E-state index contributed by atoms with van der Waals surface area (Å²) >= 11 is 0. The lowest BCUT2D eigenvalue weighted by Crippen LogP contribution is -2.26. The molecular formula is C25H29NO5. The molecule has 2 aromatic rings. The van der Waals surface area contributed by atoms with Crippen molar-refractivity contribution in [3.05, 3.63) is 40.5 Å². The van der Waals surface area contributed by atoms with Crippen molar-refractivity contribution in [3.8, 4) is 34.1 Å². The van der Waals surface area contributed by atoms with Crippen LogP contribution >= 0.6 is 0 Å². The van der Waals surface area contributed by atoms with E-state index in [1.54, 1.807) is 28.3 Å². The standard InChI is InChI=1S/C25H29NO5/c1-13(2)19-12-31-21-11-16-18(10-17(19)21)23-15(7-8-20(16)26-14(3)27)9-22(28-4)24(29-5)25(23)30-6/h9-11,20H,7-8,12H2,1-6H3,(H,26,27)/t20-/m0/s1. The molecule has 0 saturated carbocycles. The average molecular weight is 424 g/mol. The molecule has 0 fully saturated rings. The Morgan fingerprint density at radius 2 is 1.74 bits per heavy atom. The van der Waals surface area contributed by atoms with Crippen molar-refractivity contribution in [2.75, 3.05) is 27.9 Å². The van der Waals surface area contributed by atoms with E-state index in [2.05, 4.69) is 31.3 Å². The highest BCUT2D eigenvalue weighted by atomic mass is 16.5. The lowest BCUT2D eigenvalue weighted by molar-refractivity contribution is -0.119. The highest BCUT2D eigenvalue weighted by Gasteiger charge is 2.32. The number of amides is 1. The van der Waals surface area contributed by atoms with Gasteiger partial charge in [-0.1, -0.05) is 5.57 Å². The molecule has 1 aliphatic heterocycles. The van der Waals surface area contributed by atoms with Crippen LogP contribution < -0.4 is 24.3 Å². The third-order valence-corrected chi connectivity index (χ3v) is 6.09. The predicted octanol–water partition coefficient (Wildman–Crippen LogP) is 4.69. The van der Waals surface area contributed by atoms with E-state index in [-0.39, 0.29) is 11.9 Å². The van der Waals surface area contributed by atoms with E-state index >= 15 is 0 Å². The first-order chi connectivity index (χ1) is 14.9. The average Bonchev–Trinajstić information content (AvgIpc) is 3.11. The fourth-order valence-corrected chi connectivity index (χ4v) is 4.65. The molecule has 1 aliphatic carbocycles. The Balaban J connectivity index is 2.06. The van der Waals surface area contributed by atoms with Gasteiger partial charge in [0.05, 0.1) is 27.4 Å². The van der Waals surface area contributed by atoms with Crippen LogP contribution in [0.2, 0.25) is 0 Å². The van der Waals surface area contributed by atoms with E-state index in [0.29, 0.717) is 23.9 Å². The van der Waals surface area contributed by atoms with Gasteiger partial charge < -0.3 is 24.3 Å². The van der Waals surface area contributed by atoms with Crippen molar-refractivity contribution in [1.82, 2.24) is 5.32 Å². The summed E-state index contributed by atoms with van der Waals surface area (Å²) in [5.74, 6) is 2.63. The van der Waals surface area contributed by atoms with Crippen LogP contribution in [0.4, 0.5) is 0 Å². The number of rotatable bonds is 4. The van der Waals surface area contributed by atoms with E-state index in [4.69, 9.17) is 18.9 Å². The van der Waals surface area contributed by atoms with Crippen molar-refractivity contribution in [1.29, 1.82) is 0 Å². The maximum atomic E-state index is 12.0. The highest BCUT2D eigenvalue weighted by molar-refractivity contribution is 5.88. The number of nitrogens with one attached hydrogen (secondary N) is 1. The van der Waals surface area contributed by atoms with Crippen molar-refractivity contribution < 1.29 is 23.7 Å². The summed E-state index contributed by atoms with van der Waals surface area (Å²) in [6.45, 7) is 6.31. The topological polar surface area (TPSA) is 66.0 Å². The van der Waals surface area contributed by atoms with Crippen LogP contribution in [-0.2, 0) is 11.2 Å². The van der Waals surface area contributed by atoms with E-state index in [1.165, 1.54) is 11.1 Å². The molecule has 31 heavy (non-hydrogen) atoms. The molecule has 6 nitrogen and oxygen atoms in total. The van der Waals surface area contributed by atoms with Crippen LogP contribution in [-0.4, -0.2) is 33.8 Å². The van der Waals surface area contributed by atoms with E-state index in [9.17, 15) is 4.79 Å². The molecule has 1 amide bonds. The van der Waals surface area contributed by atoms with Gasteiger partial charge in [-0.2, -0.15) is 0 Å². The zero-order valence-corrected chi connectivity index (χ0v) is 19.0. The molecular weight excluding hydrogens is 394 g/mol. The maximum Gasteiger partial charge on any atom is 0.217 e. The first-order valence-corrected chi connectivity index (χ1v) is 10.5. The molecule has 1 N–H and O–H groups in total. The second-order valence-electron chi connectivity index (χ2n) is 8.17. The summed E-state index contributed by atoms with van der Waals surface area (Å²) in [5, 5.41) is 3.12. The van der Waals surface area contributed by atoms with Crippen molar-refractivity contribution in [2.45, 2.75) is 39.7 Å². The van der Waals surface area contributed by atoms with Gasteiger partial charge in [0.25, 0.3) is 0 Å². The van der Waals surface area contributed by atoms with E-state index in [1.807, 2.05) is 6.07 Å². The molecule has 2 aromatic carbocycles. The second-order valence-corrected chi connectivity index (χ2v) is 8.17. The lowest BCUT2D eigenvalue weighted by Gasteiger charge is -2.22. The van der Waals surface area contributed by atoms with Gasteiger partial charge in [0.15, 0.2) is 11.5 Å². The molecule has 0 radical (unpaired) electrons. The maximum absolute atomic E-state index is 12.0. The molecule has 1 atom stereocenters. The van der Waals surface area contributed by atoms with Crippen molar-refractivity contribution >= 4 is 11.5 Å². The number of aryl methyl sites for hydroxylation is 1. The monoisotopic (exact) mass is 423 g/mol. The zero-order chi connectivity index (χ0) is 22.3. The number of benzene rings is 2. The van der Waals surface area contributed by atoms with Crippen LogP contribution in [0, 0.1) is 0 Å². The van der Waals surface area contributed by atoms with Gasteiger partial charge >= 0.3 is 0 Å². The molecule has 0 unspecified atom stereocenters. The molecule has 164 valence electrons. The van der Waals surface area contributed by atoms with Gasteiger partial charge in [-0.15, -0.1) is 0 Å². The lowest BCUT2D eigenvalue weighted by atomic mass is 9.90. The SMILES string of the molecule is COc1cc2c(c(OC)c1OC)-c1cc3c(cc1[C@@H](NC(C)=O)CC2)OCC3=C(C)C. The number of methoxy groups -OCH3 is 3. The number of fused-ring (bicyclic) bond motifs is 4. The number of allylic oxidation sites excluding steroid dienone is 1. The summed E-state index contributed by atoms with van der Waals surface area (Å²) < 4.78 is 23.1. The third kappa shape index (κ3) is 3.50. The summed E-state index contributed by atoms with van der Waals surface area (Å²) in [5.41, 5.74) is 7.63. The van der Waals surface area contributed by atoms with Gasteiger partial charge in [0.1, 0.15) is 12.4 Å². The normalized spacial score (nSPS) is 16.3. The predicted molar refractivity (Wildman–Crippen MR) is 120 cm³/mol. The number of carbonyl (C=O) groups is 1. The first kappa shape index (κ1) is 21.1. The summed E-state index contributed by atoms with van der Waals surface area (Å²) in [6.07, 6.45) is 1.51. The van der Waals surface area contributed by atoms with Gasteiger partial charge in [-0.3, -0.25) is 4.79 Å². The number of ether oxygens (including phenoxy) is 4. The van der Waals surface area contributed by atoms with Crippen LogP contribution in [0.5, 0.6) is 23.0 Å². The number of hydrogen-bond donors (Lipinski definition) is 1. The van der Waals surface area contributed by atoms with Crippen LogP contribution in [0.25, 0.3) is 16.7 Å². The Labute approximate surface area is 183 Å².